The number of nitrogens with one attached hydrogen (secondary N) is 1. The molecular weight excluding hydrogens is 374 g/mol. The van der Waals surface area contributed by atoms with Gasteiger partial charge in [0.05, 0.1) is 10.4 Å². The molecule has 134 valence electrons. The van der Waals surface area contributed by atoms with Gasteiger partial charge in [-0.3, -0.25) is 9.59 Å². The lowest BCUT2D eigenvalue weighted by molar-refractivity contribution is -0.151. The fraction of sp³-hybridized carbons (Fsp3) is 0.294. The number of nitrogens with zero attached hydrogens (tertiary/aromatic N) is 2. The number of carbonyl (C=O) groups is 3. The smallest absolute Gasteiger partial charge is 0.329 e. The molecule has 0 aliphatic carbocycles. The molecule has 3 rings (SSSR count). The summed E-state index contributed by atoms with van der Waals surface area (Å²) >= 11 is 2.54. The maximum absolute atomic E-state index is 12.5. The molecule has 1 atom stereocenters. The molecule has 1 fully saturated rings. The van der Waals surface area contributed by atoms with Crippen LogP contribution in [0.25, 0.3) is 0 Å². The second-order valence-corrected chi connectivity index (χ2v) is 7.43. The number of carbonyl (C=O) groups excluding carboxylic acids is 3. The standard InChI is InChI=1S/C17H15N3O4S2/c18-9-11-5-8-26-15(11)19-14(21)10-24-17(23)12-3-1-6-20(12)16(22)13-4-2-7-25-13/h2,4-5,7-8,12H,1,3,6,10H2,(H,19,21)/t12-/m1/s1. The lowest BCUT2D eigenvalue weighted by Crippen LogP contribution is -2.41. The van der Waals surface area contributed by atoms with E-state index in [2.05, 4.69) is 5.32 Å². The Labute approximate surface area is 157 Å². The van der Waals surface area contributed by atoms with Gasteiger partial charge in [0.25, 0.3) is 11.8 Å². The predicted octanol–water partition coefficient (Wildman–Crippen LogP) is 2.47. The van der Waals surface area contributed by atoms with E-state index >= 15 is 0 Å². The van der Waals surface area contributed by atoms with Crippen molar-refractivity contribution in [1.82, 2.24) is 4.90 Å². The van der Waals surface area contributed by atoms with Crippen molar-refractivity contribution in [3.8, 4) is 6.07 Å². The molecule has 1 saturated heterocycles. The fourth-order valence-corrected chi connectivity index (χ4v) is 4.12. The first-order valence-corrected chi connectivity index (χ1v) is 9.64. The van der Waals surface area contributed by atoms with Crippen molar-refractivity contribution < 1.29 is 19.1 Å². The quantitative estimate of drug-likeness (QED) is 0.792. The first-order valence-electron chi connectivity index (χ1n) is 7.88. The summed E-state index contributed by atoms with van der Waals surface area (Å²) in [5.74, 6) is -1.30. The minimum absolute atomic E-state index is 0.193. The van der Waals surface area contributed by atoms with E-state index < -0.39 is 24.5 Å². The highest BCUT2D eigenvalue weighted by Gasteiger charge is 2.36. The van der Waals surface area contributed by atoms with Crippen LogP contribution in [0.2, 0.25) is 0 Å². The normalized spacial score (nSPS) is 16.1. The van der Waals surface area contributed by atoms with Crippen LogP contribution in [0, 0.1) is 11.3 Å². The maximum Gasteiger partial charge on any atom is 0.329 e. The largest absolute Gasteiger partial charge is 0.454 e. The highest BCUT2D eigenvalue weighted by molar-refractivity contribution is 7.14. The van der Waals surface area contributed by atoms with Gasteiger partial charge in [0.1, 0.15) is 17.1 Å². The monoisotopic (exact) mass is 389 g/mol. The molecule has 2 amide bonds. The van der Waals surface area contributed by atoms with E-state index in [9.17, 15) is 14.4 Å². The van der Waals surface area contributed by atoms with Crippen molar-refractivity contribution in [3.63, 3.8) is 0 Å². The molecule has 1 N–H and O–H groups in total. The summed E-state index contributed by atoms with van der Waals surface area (Å²) in [5.41, 5.74) is 0.359. The first kappa shape index (κ1) is 18.1. The Morgan fingerprint density at radius 3 is 2.88 bits per heavy atom. The van der Waals surface area contributed by atoms with Crippen LogP contribution in [0.5, 0.6) is 0 Å². The summed E-state index contributed by atoms with van der Waals surface area (Å²) in [7, 11) is 0. The van der Waals surface area contributed by atoms with Crippen LogP contribution in [0.3, 0.4) is 0 Å². The van der Waals surface area contributed by atoms with Gasteiger partial charge in [-0.1, -0.05) is 6.07 Å². The Hall–Kier alpha value is -2.70. The summed E-state index contributed by atoms with van der Waals surface area (Å²) in [6, 6.07) is 6.39. The Bertz CT molecular complexity index is 854. The van der Waals surface area contributed by atoms with Gasteiger partial charge in [0.15, 0.2) is 6.61 Å². The number of hydrogen-bond acceptors (Lipinski definition) is 7. The van der Waals surface area contributed by atoms with E-state index in [0.29, 0.717) is 34.8 Å². The second-order valence-electron chi connectivity index (χ2n) is 5.56. The number of nitriles is 1. The predicted molar refractivity (Wildman–Crippen MR) is 97.0 cm³/mol. The second kappa shape index (κ2) is 8.12. The Balaban J connectivity index is 1.55. The third-order valence-electron chi connectivity index (χ3n) is 3.90. The third-order valence-corrected chi connectivity index (χ3v) is 5.59. The summed E-state index contributed by atoms with van der Waals surface area (Å²) < 4.78 is 5.09. The van der Waals surface area contributed by atoms with Crippen molar-refractivity contribution in [1.29, 1.82) is 5.26 Å². The van der Waals surface area contributed by atoms with Crippen LogP contribution in [-0.2, 0) is 14.3 Å². The maximum atomic E-state index is 12.5. The molecule has 1 aliphatic rings. The third kappa shape index (κ3) is 3.92. The van der Waals surface area contributed by atoms with Crippen molar-refractivity contribution in [2.45, 2.75) is 18.9 Å². The molecule has 2 aromatic heterocycles. The number of thiophene rings is 2. The molecule has 0 unspecified atom stereocenters. The van der Waals surface area contributed by atoms with Gasteiger partial charge in [0, 0.05) is 6.54 Å². The molecule has 26 heavy (non-hydrogen) atoms. The molecule has 0 aromatic carbocycles. The average Bonchev–Trinajstić information content (AvgIpc) is 3.39. The Kier molecular flexibility index (Phi) is 5.65. The minimum Gasteiger partial charge on any atom is -0.454 e. The number of rotatable bonds is 5. The SMILES string of the molecule is N#Cc1ccsc1NC(=O)COC(=O)[C@H]1CCCN1C(=O)c1cccs1. The van der Waals surface area contributed by atoms with Crippen LogP contribution < -0.4 is 5.32 Å². The van der Waals surface area contributed by atoms with E-state index in [0.717, 1.165) is 0 Å². The van der Waals surface area contributed by atoms with Crippen LogP contribution in [0.1, 0.15) is 28.1 Å². The number of amides is 2. The molecule has 0 radical (unpaired) electrons. The molecule has 0 bridgehead atoms. The molecular formula is C17H15N3O4S2. The molecule has 7 nitrogen and oxygen atoms in total. The molecule has 1 aliphatic heterocycles. The van der Waals surface area contributed by atoms with Gasteiger partial charge in [-0.15, -0.1) is 22.7 Å². The lowest BCUT2D eigenvalue weighted by atomic mass is 10.2. The average molecular weight is 389 g/mol. The highest BCUT2D eigenvalue weighted by Crippen LogP contribution is 2.24. The van der Waals surface area contributed by atoms with Gasteiger partial charge in [-0.05, 0) is 35.7 Å². The van der Waals surface area contributed by atoms with Gasteiger partial charge in [-0.25, -0.2) is 4.79 Å². The van der Waals surface area contributed by atoms with Crippen LogP contribution in [-0.4, -0.2) is 41.9 Å². The van der Waals surface area contributed by atoms with Gasteiger partial charge in [-0.2, -0.15) is 5.26 Å². The number of hydrogen-bond donors (Lipinski definition) is 1. The van der Waals surface area contributed by atoms with E-state index in [1.807, 2.05) is 6.07 Å². The van der Waals surface area contributed by atoms with Crippen molar-refractivity contribution in [2.24, 2.45) is 0 Å². The Morgan fingerprint density at radius 2 is 2.15 bits per heavy atom. The van der Waals surface area contributed by atoms with Crippen LogP contribution in [0.15, 0.2) is 29.0 Å². The van der Waals surface area contributed by atoms with Crippen molar-refractivity contribution in [3.05, 3.63) is 39.4 Å². The highest BCUT2D eigenvalue weighted by atomic mass is 32.1. The summed E-state index contributed by atoms with van der Waals surface area (Å²) in [6.45, 7) is 0.0303. The zero-order chi connectivity index (χ0) is 18.5. The van der Waals surface area contributed by atoms with E-state index in [4.69, 9.17) is 10.00 Å². The molecule has 0 saturated carbocycles. The number of ether oxygens (including phenoxy) is 1. The number of anilines is 1. The summed E-state index contributed by atoms with van der Waals surface area (Å²) in [6.07, 6.45) is 1.23. The zero-order valence-corrected chi connectivity index (χ0v) is 15.3. The topological polar surface area (TPSA) is 99.5 Å². The Morgan fingerprint density at radius 1 is 1.31 bits per heavy atom. The molecule has 2 aromatic rings. The molecule has 3 heterocycles. The first-order chi connectivity index (χ1) is 12.6. The summed E-state index contributed by atoms with van der Waals surface area (Å²) in [5, 5.41) is 15.4. The fourth-order valence-electron chi connectivity index (χ4n) is 2.69. The van der Waals surface area contributed by atoms with E-state index in [1.165, 1.54) is 27.6 Å². The van der Waals surface area contributed by atoms with Crippen LogP contribution >= 0.6 is 22.7 Å². The van der Waals surface area contributed by atoms with Crippen LogP contribution in [0.4, 0.5) is 5.00 Å². The summed E-state index contributed by atoms with van der Waals surface area (Å²) in [4.78, 5) is 38.8. The number of likely N-dealkylation sites (tertiary alicyclic amines) is 1. The van der Waals surface area contributed by atoms with Crippen molar-refractivity contribution >= 4 is 45.5 Å². The number of esters is 1. The van der Waals surface area contributed by atoms with Gasteiger partial charge in [0.2, 0.25) is 0 Å². The van der Waals surface area contributed by atoms with Gasteiger partial charge >= 0.3 is 5.97 Å². The van der Waals surface area contributed by atoms with Gasteiger partial charge < -0.3 is 15.0 Å². The zero-order valence-electron chi connectivity index (χ0n) is 13.6. The molecule has 0 spiro atoms. The van der Waals surface area contributed by atoms with Crippen molar-refractivity contribution in [2.75, 3.05) is 18.5 Å². The van der Waals surface area contributed by atoms with E-state index in [-0.39, 0.29) is 5.91 Å². The molecule has 9 heteroatoms. The lowest BCUT2D eigenvalue weighted by Gasteiger charge is -2.22. The minimum atomic E-state index is -0.672. The van der Waals surface area contributed by atoms with E-state index in [1.54, 1.807) is 29.0 Å².